The third-order valence-corrected chi connectivity index (χ3v) is 14.4. The number of rotatable bonds is 6. The normalized spacial score (nSPS) is 13.3. The molecule has 13 aromatic rings. The molecule has 4 nitrogen and oxygen atoms in total. The minimum atomic E-state index is 0.184. The predicted octanol–water partition coefficient (Wildman–Crippen LogP) is 16.5. The molecule has 4 heteroatoms. The third-order valence-electron chi connectivity index (χ3n) is 14.4. The van der Waals surface area contributed by atoms with Crippen LogP contribution in [-0.2, 0) is 6.42 Å². The molecular weight excluding hydrogens is 837 g/mol. The third kappa shape index (κ3) is 6.48. The Labute approximate surface area is 399 Å². The SMILES string of the molecule is c1ccc(-c2ccc3c4cc5c(cc4n(-c4ccc(-c6nc(-c7ccccc7)nc(-c7ccccc7)n6)c6ccccc46)c3c2)CC(c2ccc3ccccc3c2)c2ccc3ccccc3c2-5)cc1. The summed E-state index contributed by atoms with van der Waals surface area (Å²) in [6.45, 7) is 0. The van der Waals surface area contributed by atoms with Crippen LogP contribution in [0.4, 0.5) is 0 Å². The van der Waals surface area contributed by atoms with Crippen LogP contribution >= 0.6 is 0 Å². The molecule has 2 aromatic heterocycles. The second kappa shape index (κ2) is 15.8. The van der Waals surface area contributed by atoms with Crippen molar-refractivity contribution in [3.63, 3.8) is 0 Å². The van der Waals surface area contributed by atoms with E-state index in [1.165, 1.54) is 76.8 Å². The quantitative estimate of drug-likeness (QED) is 0.167. The van der Waals surface area contributed by atoms with Crippen molar-refractivity contribution in [1.82, 2.24) is 19.5 Å². The van der Waals surface area contributed by atoms with Crippen molar-refractivity contribution in [2.45, 2.75) is 12.3 Å². The molecule has 322 valence electrons. The Bertz CT molecular complexity index is 4100. The van der Waals surface area contributed by atoms with Gasteiger partial charge in [0.1, 0.15) is 0 Å². The molecule has 0 saturated carbocycles. The van der Waals surface area contributed by atoms with E-state index in [0.717, 1.165) is 45.1 Å². The second-order valence-corrected chi connectivity index (χ2v) is 18.3. The molecule has 1 aliphatic carbocycles. The number of hydrogen-bond donors (Lipinski definition) is 0. The number of fused-ring (bicyclic) bond motifs is 10. The van der Waals surface area contributed by atoms with Crippen LogP contribution in [0.25, 0.3) is 116 Å². The lowest BCUT2D eigenvalue weighted by Crippen LogP contribution is -2.13. The van der Waals surface area contributed by atoms with Gasteiger partial charge < -0.3 is 4.57 Å². The summed E-state index contributed by atoms with van der Waals surface area (Å²) in [6.07, 6.45) is 0.887. The molecule has 0 aliphatic heterocycles. The Hall–Kier alpha value is -8.99. The van der Waals surface area contributed by atoms with E-state index < -0.39 is 0 Å². The monoisotopic (exact) mass is 878 g/mol. The Morgan fingerprint density at radius 1 is 0.348 bits per heavy atom. The van der Waals surface area contributed by atoms with E-state index in [0.29, 0.717) is 17.5 Å². The summed E-state index contributed by atoms with van der Waals surface area (Å²) in [6, 6.07) is 85.8. The fourth-order valence-corrected chi connectivity index (χ4v) is 11.1. The van der Waals surface area contributed by atoms with Gasteiger partial charge in [0.15, 0.2) is 17.5 Å². The zero-order valence-electron chi connectivity index (χ0n) is 37.6. The summed E-state index contributed by atoms with van der Waals surface area (Å²) < 4.78 is 2.52. The molecule has 11 aromatic carbocycles. The average Bonchev–Trinajstić information content (AvgIpc) is 3.74. The highest BCUT2D eigenvalue weighted by Crippen LogP contribution is 2.49. The highest BCUT2D eigenvalue weighted by atomic mass is 15.0. The van der Waals surface area contributed by atoms with Crippen LogP contribution in [0.2, 0.25) is 0 Å². The van der Waals surface area contributed by atoms with Crippen LogP contribution in [0.1, 0.15) is 22.6 Å². The van der Waals surface area contributed by atoms with Gasteiger partial charge in [-0.25, -0.2) is 15.0 Å². The molecule has 0 amide bonds. The van der Waals surface area contributed by atoms with Crippen LogP contribution in [0.5, 0.6) is 0 Å². The first kappa shape index (κ1) is 39.2. The number of hydrogen-bond acceptors (Lipinski definition) is 3. The molecule has 1 aliphatic rings. The maximum atomic E-state index is 5.19. The lowest BCUT2D eigenvalue weighted by Gasteiger charge is -2.30. The maximum Gasteiger partial charge on any atom is 0.164 e. The Morgan fingerprint density at radius 2 is 0.942 bits per heavy atom. The topological polar surface area (TPSA) is 43.6 Å². The second-order valence-electron chi connectivity index (χ2n) is 18.3. The van der Waals surface area contributed by atoms with E-state index >= 15 is 0 Å². The fraction of sp³-hybridized carbons (Fsp3) is 0.0308. The van der Waals surface area contributed by atoms with E-state index in [2.05, 4.69) is 205 Å². The first-order valence-corrected chi connectivity index (χ1v) is 23.8. The summed E-state index contributed by atoms with van der Waals surface area (Å²) in [5, 5.41) is 9.73. The van der Waals surface area contributed by atoms with Gasteiger partial charge in [0.25, 0.3) is 0 Å². The average molecular weight is 879 g/mol. The summed E-state index contributed by atoms with van der Waals surface area (Å²) >= 11 is 0. The summed E-state index contributed by atoms with van der Waals surface area (Å²) in [4.78, 5) is 15.4. The zero-order chi connectivity index (χ0) is 45.4. The van der Waals surface area contributed by atoms with Crippen molar-refractivity contribution in [1.29, 1.82) is 0 Å². The Morgan fingerprint density at radius 3 is 1.68 bits per heavy atom. The molecule has 0 N–H and O–H groups in total. The molecule has 1 unspecified atom stereocenters. The standard InChI is InChI=1S/C65H42N4/c1-4-16-41(17-5-1)47-31-32-53-58-40-57-49(37-56(48-29-28-42-18-10-11-24-46(42)36-48)54-33-30-43-19-12-13-25-50(43)62(54)57)39-61(58)69(60(53)38-47)59-35-34-55(51-26-14-15-27-52(51)59)65-67-63(44-20-6-2-7-21-44)66-64(68-65)45-22-8-3-9-23-45/h1-36,38-40,56H,37H2. The Balaban J connectivity index is 1.03. The summed E-state index contributed by atoms with van der Waals surface area (Å²) in [7, 11) is 0. The molecule has 0 bridgehead atoms. The van der Waals surface area contributed by atoms with Gasteiger partial charge >= 0.3 is 0 Å². The highest BCUT2D eigenvalue weighted by Gasteiger charge is 2.30. The lowest BCUT2D eigenvalue weighted by molar-refractivity contribution is 0.797. The largest absolute Gasteiger partial charge is 0.309 e. The molecule has 69 heavy (non-hydrogen) atoms. The van der Waals surface area contributed by atoms with Gasteiger partial charge in [0.05, 0.1) is 16.7 Å². The smallest absolute Gasteiger partial charge is 0.164 e. The maximum absolute atomic E-state index is 5.19. The van der Waals surface area contributed by atoms with Crippen LogP contribution < -0.4 is 0 Å². The van der Waals surface area contributed by atoms with Gasteiger partial charge in [0.2, 0.25) is 0 Å². The fourth-order valence-electron chi connectivity index (χ4n) is 11.1. The van der Waals surface area contributed by atoms with Gasteiger partial charge in [-0.2, -0.15) is 0 Å². The molecule has 0 spiro atoms. The zero-order valence-corrected chi connectivity index (χ0v) is 37.6. The van der Waals surface area contributed by atoms with Crippen molar-refractivity contribution in [2.75, 3.05) is 0 Å². The molecule has 1 atom stereocenters. The first-order valence-electron chi connectivity index (χ1n) is 23.8. The highest BCUT2D eigenvalue weighted by molar-refractivity contribution is 6.15. The first-order chi connectivity index (χ1) is 34.2. The molecule has 0 saturated heterocycles. The van der Waals surface area contributed by atoms with E-state index in [1.807, 2.05) is 36.4 Å². The molecule has 2 heterocycles. The van der Waals surface area contributed by atoms with Crippen LogP contribution in [0, 0.1) is 0 Å². The molecule has 0 radical (unpaired) electrons. The number of aromatic nitrogens is 4. The van der Waals surface area contributed by atoms with E-state index in [9.17, 15) is 0 Å². The molecule has 14 rings (SSSR count). The van der Waals surface area contributed by atoms with Crippen LogP contribution in [0.15, 0.2) is 237 Å². The van der Waals surface area contributed by atoms with Crippen molar-refractivity contribution < 1.29 is 0 Å². The van der Waals surface area contributed by atoms with E-state index in [-0.39, 0.29) is 5.92 Å². The van der Waals surface area contributed by atoms with Gasteiger partial charge in [0, 0.05) is 38.8 Å². The Kier molecular flexibility index (Phi) is 8.99. The van der Waals surface area contributed by atoms with Crippen LogP contribution in [0.3, 0.4) is 0 Å². The minimum Gasteiger partial charge on any atom is -0.309 e. The van der Waals surface area contributed by atoms with Crippen LogP contribution in [-0.4, -0.2) is 19.5 Å². The summed E-state index contributed by atoms with van der Waals surface area (Å²) in [5.41, 5.74) is 15.4. The van der Waals surface area contributed by atoms with Gasteiger partial charge in [-0.15, -0.1) is 0 Å². The van der Waals surface area contributed by atoms with Gasteiger partial charge in [-0.1, -0.05) is 206 Å². The van der Waals surface area contributed by atoms with Crippen molar-refractivity contribution in [3.05, 3.63) is 253 Å². The van der Waals surface area contributed by atoms with Crippen molar-refractivity contribution >= 4 is 54.1 Å². The lowest BCUT2D eigenvalue weighted by atomic mass is 9.73. The van der Waals surface area contributed by atoms with E-state index in [1.54, 1.807) is 0 Å². The number of benzene rings is 11. The molecule has 0 fully saturated rings. The van der Waals surface area contributed by atoms with Gasteiger partial charge in [-0.3, -0.25) is 0 Å². The summed E-state index contributed by atoms with van der Waals surface area (Å²) in [5.74, 6) is 2.11. The predicted molar refractivity (Wildman–Crippen MR) is 286 cm³/mol. The van der Waals surface area contributed by atoms with Gasteiger partial charge in [-0.05, 0) is 103 Å². The van der Waals surface area contributed by atoms with E-state index in [4.69, 9.17) is 15.0 Å². The number of nitrogens with zero attached hydrogens (tertiary/aromatic N) is 4. The minimum absolute atomic E-state index is 0.184. The van der Waals surface area contributed by atoms with Crippen molar-refractivity contribution in [2.24, 2.45) is 0 Å². The van der Waals surface area contributed by atoms with Crippen molar-refractivity contribution in [3.8, 4) is 62.1 Å². The molecular formula is C65H42N4.